The maximum Gasteiger partial charge on any atom is 0.0772 e. The second-order valence-corrected chi connectivity index (χ2v) is 6.66. The van der Waals surface area contributed by atoms with Gasteiger partial charge in [-0.2, -0.15) is 5.10 Å². The number of nitrogens with zero attached hydrogens (tertiary/aromatic N) is 2. The molecule has 2 aromatic rings. The first kappa shape index (κ1) is 17.0. The van der Waals surface area contributed by atoms with Crippen molar-refractivity contribution < 1.29 is 4.74 Å². The van der Waals surface area contributed by atoms with E-state index in [4.69, 9.17) is 16.3 Å². The van der Waals surface area contributed by atoms with Gasteiger partial charge in [0.25, 0.3) is 0 Å². The van der Waals surface area contributed by atoms with Crippen LogP contribution in [0.4, 0.5) is 0 Å². The van der Waals surface area contributed by atoms with Gasteiger partial charge in [0.05, 0.1) is 35.6 Å². The minimum Gasteiger partial charge on any atom is -0.383 e. The predicted molar refractivity (Wildman–Crippen MR) is 91.9 cm³/mol. The number of aromatic nitrogens is 2. The van der Waals surface area contributed by atoms with Crippen LogP contribution in [-0.4, -0.2) is 30.5 Å². The normalized spacial score (nSPS) is 12.6. The Morgan fingerprint density at radius 1 is 1.43 bits per heavy atom. The Morgan fingerprint density at radius 2 is 2.19 bits per heavy atom. The van der Waals surface area contributed by atoms with E-state index >= 15 is 0 Å². The number of hydrogen-bond acceptors (Lipinski definition) is 3. The molecule has 4 nitrogen and oxygen atoms in total. The second-order valence-electron chi connectivity index (χ2n) is 4.48. The maximum absolute atomic E-state index is 6.37. The molecular weight excluding hydrogens is 421 g/mol. The van der Waals surface area contributed by atoms with Crippen molar-refractivity contribution >= 4 is 43.5 Å². The van der Waals surface area contributed by atoms with E-state index in [0.717, 1.165) is 20.2 Å². The lowest BCUT2D eigenvalue weighted by Gasteiger charge is -2.20. The quantitative estimate of drug-likeness (QED) is 0.742. The molecule has 1 aromatic heterocycles. The first-order valence-electron chi connectivity index (χ1n) is 6.40. The Morgan fingerprint density at radius 3 is 2.86 bits per heavy atom. The highest BCUT2D eigenvalue weighted by Gasteiger charge is 2.22. The van der Waals surface area contributed by atoms with Crippen molar-refractivity contribution in [1.82, 2.24) is 15.1 Å². The van der Waals surface area contributed by atoms with Crippen LogP contribution in [0.3, 0.4) is 0 Å². The van der Waals surface area contributed by atoms with Gasteiger partial charge in [0.15, 0.2) is 0 Å². The molecule has 21 heavy (non-hydrogen) atoms. The van der Waals surface area contributed by atoms with Gasteiger partial charge in [-0.25, -0.2) is 0 Å². The Hall–Kier alpha value is -0.400. The predicted octanol–water partition coefficient (Wildman–Crippen LogP) is 4.02. The Bertz CT molecular complexity index is 618. The van der Waals surface area contributed by atoms with Gasteiger partial charge in [0.1, 0.15) is 0 Å². The average Bonchev–Trinajstić information content (AvgIpc) is 2.83. The first-order chi connectivity index (χ1) is 10.1. The fourth-order valence-electron chi connectivity index (χ4n) is 2.19. The fourth-order valence-corrected chi connectivity index (χ4v) is 3.32. The van der Waals surface area contributed by atoms with Crippen molar-refractivity contribution in [3.8, 4) is 0 Å². The Labute approximate surface area is 146 Å². The molecule has 0 fully saturated rings. The smallest absolute Gasteiger partial charge is 0.0772 e. The van der Waals surface area contributed by atoms with E-state index in [1.165, 1.54) is 0 Å². The summed E-state index contributed by atoms with van der Waals surface area (Å²) in [5.74, 6) is 0. The molecule has 1 unspecified atom stereocenters. The van der Waals surface area contributed by atoms with Gasteiger partial charge in [0.2, 0.25) is 0 Å². The molecule has 114 valence electrons. The van der Waals surface area contributed by atoms with Gasteiger partial charge in [-0.15, -0.1) is 0 Å². The summed E-state index contributed by atoms with van der Waals surface area (Å²) in [6.07, 6.45) is 1.79. The molecular formula is C14H16Br2ClN3O. The van der Waals surface area contributed by atoms with Gasteiger partial charge in [0, 0.05) is 16.6 Å². The molecule has 1 N–H and O–H groups in total. The molecule has 0 aliphatic heterocycles. The molecule has 0 spiro atoms. The van der Waals surface area contributed by atoms with Crippen molar-refractivity contribution in [3.05, 3.63) is 49.6 Å². The van der Waals surface area contributed by atoms with E-state index in [1.807, 2.05) is 29.9 Å². The zero-order chi connectivity index (χ0) is 15.4. The lowest BCUT2D eigenvalue weighted by Crippen LogP contribution is -2.23. The first-order valence-corrected chi connectivity index (χ1v) is 8.37. The van der Waals surface area contributed by atoms with Crippen molar-refractivity contribution in [1.29, 1.82) is 0 Å². The largest absolute Gasteiger partial charge is 0.383 e. The molecule has 7 heteroatoms. The molecule has 2 rings (SSSR count). The third kappa shape index (κ3) is 3.87. The number of benzene rings is 1. The van der Waals surface area contributed by atoms with Crippen LogP contribution in [0.5, 0.6) is 0 Å². The monoisotopic (exact) mass is 435 g/mol. The van der Waals surface area contributed by atoms with Crippen molar-refractivity contribution in [2.45, 2.75) is 12.6 Å². The van der Waals surface area contributed by atoms with Crippen LogP contribution in [0.15, 0.2) is 33.3 Å². The van der Waals surface area contributed by atoms with Crippen LogP contribution in [0.2, 0.25) is 5.02 Å². The van der Waals surface area contributed by atoms with E-state index in [0.29, 0.717) is 18.2 Å². The second kappa shape index (κ2) is 7.74. The number of ether oxygens (including phenoxy) is 1. The van der Waals surface area contributed by atoms with Gasteiger partial charge >= 0.3 is 0 Å². The zero-order valence-corrected chi connectivity index (χ0v) is 15.7. The molecule has 0 aliphatic rings. The summed E-state index contributed by atoms with van der Waals surface area (Å²) in [6.45, 7) is 1.28. The number of methoxy groups -OCH3 is 1. The minimum absolute atomic E-state index is 0.0660. The third-order valence-corrected chi connectivity index (χ3v) is 4.62. The number of rotatable bonds is 6. The molecule has 0 saturated heterocycles. The molecule has 0 saturated carbocycles. The van der Waals surface area contributed by atoms with Crippen LogP contribution in [0.1, 0.15) is 17.3 Å². The topological polar surface area (TPSA) is 39.1 Å². The van der Waals surface area contributed by atoms with E-state index in [-0.39, 0.29) is 6.04 Å². The van der Waals surface area contributed by atoms with E-state index < -0.39 is 0 Å². The standard InChI is InChI=1S/C14H16Br2ClN3O/c1-18-13(10-7-9(15)3-4-12(10)17)14-11(16)8-19-20(14)5-6-21-2/h3-4,7-8,13,18H,5-6H2,1-2H3. The van der Waals surface area contributed by atoms with Crippen LogP contribution in [0.25, 0.3) is 0 Å². The van der Waals surface area contributed by atoms with Crippen LogP contribution >= 0.6 is 43.5 Å². The molecule has 1 aromatic carbocycles. The number of hydrogen-bond donors (Lipinski definition) is 1. The van der Waals surface area contributed by atoms with Crippen molar-refractivity contribution in [3.63, 3.8) is 0 Å². The summed E-state index contributed by atoms with van der Waals surface area (Å²) in [6, 6.07) is 5.76. The van der Waals surface area contributed by atoms with Crippen LogP contribution in [0, 0.1) is 0 Å². The summed E-state index contributed by atoms with van der Waals surface area (Å²) in [5, 5.41) is 8.42. The van der Waals surface area contributed by atoms with Gasteiger partial charge in [-0.3, -0.25) is 4.68 Å². The molecule has 0 bridgehead atoms. The summed E-state index contributed by atoms with van der Waals surface area (Å²) >= 11 is 13.4. The summed E-state index contributed by atoms with van der Waals surface area (Å²) < 4.78 is 8.99. The van der Waals surface area contributed by atoms with E-state index in [1.54, 1.807) is 13.3 Å². The zero-order valence-electron chi connectivity index (χ0n) is 11.7. The van der Waals surface area contributed by atoms with Gasteiger partial charge in [-0.05, 0) is 46.7 Å². The molecule has 0 amide bonds. The minimum atomic E-state index is -0.0660. The molecule has 1 heterocycles. The van der Waals surface area contributed by atoms with E-state index in [2.05, 4.69) is 42.3 Å². The number of nitrogens with one attached hydrogen (secondary N) is 1. The summed E-state index contributed by atoms with van der Waals surface area (Å²) in [4.78, 5) is 0. The van der Waals surface area contributed by atoms with Crippen molar-refractivity contribution in [2.75, 3.05) is 20.8 Å². The average molecular weight is 438 g/mol. The molecule has 0 radical (unpaired) electrons. The highest BCUT2D eigenvalue weighted by molar-refractivity contribution is 9.10. The highest BCUT2D eigenvalue weighted by atomic mass is 79.9. The lowest BCUT2D eigenvalue weighted by atomic mass is 10.0. The number of halogens is 3. The van der Waals surface area contributed by atoms with Crippen LogP contribution < -0.4 is 5.32 Å². The molecule has 0 aliphatic carbocycles. The summed E-state index contributed by atoms with van der Waals surface area (Å²) in [5.41, 5.74) is 2.02. The van der Waals surface area contributed by atoms with Gasteiger partial charge in [-0.1, -0.05) is 27.5 Å². The Kier molecular flexibility index (Phi) is 6.25. The SMILES string of the molecule is CNC(c1cc(Br)ccc1Cl)c1c(Br)cnn1CCOC. The lowest BCUT2D eigenvalue weighted by molar-refractivity contribution is 0.182. The van der Waals surface area contributed by atoms with Gasteiger partial charge < -0.3 is 10.1 Å². The summed E-state index contributed by atoms with van der Waals surface area (Å²) in [7, 11) is 3.58. The Balaban J connectivity index is 2.46. The fraction of sp³-hybridized carbons (Fsp3) is 0.357. The highest BCUT2D eigenvalue weighted by Crippen LogP contribution is 2.33. The molecule has 1 atom stereocenters. The van der Waals surface area contributed by atoms with E-state index in [9.17, 15) is 0 Å². The van der Waals surface area contributed by atoms with Crippen LogP contribution in [-0.2, 0) is 11.3 Å². The maximum atomic E-state index is 6.37. The van der Waals surface area contributed by atoms with Crippen molar-refractivity contribution in [2.24, 2.45) is 0 Å². The third-order valence-electron chi connectivity index (χ3n) is 3.17.